The molecule has 19 heavy (non-hydrogen) atoms. The number of rotatable bonds is 6. The van der Waals surface area contributed by atoms with Gasteiger partial charge < -0.3 is 10.6 Å². The van der Waals surface area contributed by atoms with Crippen molar-refractivity contribution in [1.82, 2.24) is 10.6 Å². The average Bonchev–Trinajstić information content (AvgIpc) is 3.12. The lowest BCUT2D eigenvalue weighted by Gasteiger charge is -2.15. The number of halogens is 2. The molecule has 2 N–H and O–H groups in total. The van der Waals surface area contributed by atoms with Gasteiger partial charge in [-0.15, -0.1) is 0 Å². The van der Waals surface area contributed by atoms with Crippen molar-refractivity contribution in [1.29, 1.82) is 0 Å². The molecule has 0 aromatic heterocycles. The monoisotopic (exact) mass is 268 g/mol. The number of benzene rings is 1. The molecule has 1 aromatic carbocycles. The predicted molar refractivity (Wildman–Crippen MR) is 68.6 cm³/mol. The topological polar surface area (TPSA) is 41.1 Å². The first-order valence-electron chi connectivity index (χ1n) is 6.54. The minimum atomic E-state index is -0.567. The highest BCUT2D eigenvalue weighted by molar-refractivity contribution is 5.76. The summed E-state index contributed by atoms with van der Waals surface area (Å²) < 4.78 is 27.0. The van der Waals surface area contributed by atoms with Gasteiger partial charge in [-0.1, -0.05) is 6.07 Å². The Morgan fingerprint density at radius 1 is 1.37 bits per heavy atom. The fourth-order valence-electron chi connectivity index (χ4n) is 1.96. The lowest BCUT2D eigenvalue weighted by molar-refractivity contribution is -0.121. The highest BCUT2D eigenvalue weighted by atomic mass is 19.1. The zero-order valence-electron chi connectivity index (χ0n) is 10.9. The van der Waals surface area contributed by atoms with Crippen LogP contribution in [0.1, 0.15) is 37.8 Å². The highest BCUT2D eigenvalue weighted by Gasteiger charge is 2.23. The smallest absolute Gasteiger partial charge is 0.221 e. The molecule has 1 aromatic rings. The Hall–Kier alpha value is -1.49. The summed E-state index contributed by atoms with van der Waals surface area (Å²) in [5, 5.41) is 5.83. The summed E-state index contributed by atoms with van der Waals surface area (Å²) in [6.45, 7) is 2.08. The van der Waals surface area contributed by atoms with Crippen molar-refractivity contribution in [2.24, 2.45) is 0 Å². The molecular weight excluding hydrogens is 250 g/mol. The van der Waals surface area contributed by atoms with E-state index in [-0.39, 0.29) is 11.5 Å². The first-order chi connectivity index (χ1) is 9.08. The van der Waals surface area contributed by atoms with Gasteiger partial charge in [0.1, 0.15) is 11.6 Å². The van der Waals surface area contributed by atoms with Crippen LogP contribution < -0.4 is 10.6 Å². The summed E-state index contributed by atoms with van der Waals surface area (Å²) in [5.74, 6) is -1.15. The second-order valence-corrected chi connectivity index (χ2v) is 4.90. The van der Waals surface area contributed by atoms with Crippen molar-refractivity contribution in [3.05, 3.63) is 35.4 Å². The van der Waals surface area contributed by atoms with Gasteiger partial charge in [0.05, 0.1) is 0 Å². The molecule has 0 aliphatic heterocycles. The molecule has 1 unspecified atom stereocenters. The summed E-state index contributed by atoms with van der Waals surface area (Å²) in [6, 6.07) is 3.68. The zero-order valence-corrected chi connectivity index (χ0v) is 10.9. The summed E-state index contributed by atoms with van der Waals surface area (Å²) in [6.07, 6.45) is 2.42. The molecule has 0 heterocycles. The number of hydrogen-bond donors (Lipinski definition) is 2. The summed E-state index contributed by atoms with van der Waals surface area (Å²) in [7, 11) is 0. The first-order valence-corrected chi connectivity index (χ1v) is 6.54. The van der Waals surface area contributed by atoms with Crippen LogP contribution in [0.25, 0.3) is 0 Å². The van der Waals surface area contributed by atoms with Gasteiger partial charge in [0.25, 0.3) is 0 Å². The molecule has 1 atom stereocenters. The molecule has 3 nitrogen and oxygen atoms in total. The van der Waals surface area contributed by atoms with Gasteiger partial charge in [-0.25, -0.2) is 8.78 Å². The summed E-state index contributed by atoms with van der Waals surface area (Å²) in [5.41, 5.74) is 0.0186. The standard InChI is InChI=1S/C14H18F2N2O/c1-9(14-11(15)3-2-4-12(14)16)17-8-7-13(19)18-10-5-6-10/h2-4,9-10,17H,5-8H2,1H3,(H,18,19). The molecule has 0 saturated heterocycles. The Balaban J connectivity index is 1.80. The van der Waals surface area contributed by atoms with Crippen LogP contribution in [0.2, 0.25) is 0 Å². The Kier molecular flexibility index (Phi) is 4.47. The van der Waals surface area contributed by atoms with E-state index in [1.165, 1.54) is 18.2 Å². The molecule has 0 spiro atoms. The van der Waals surface area contributed by atoms with Crippen LogP contribution in [0.15, 0.2) is 18.2 Å². The molecule has 1 amide bonds. The number of carbonyl (C=O) groups is 1. The van der Waals surface area contributed by atoms with Gasteiger partial charge in [0, 0.05) is 30.6 Å². The van der Waals surface area contributed by atoms with Crippen molar-refractivity contribution >= 4 is 5.91 Å². The van der Waals surface area contributed by atoms with Crippen LogP contribution in [0.4, 0.5) is 8.78 Å². The molecule has 1 fully saturated rings. The van der Waals surface area contributed by atoms with E-state index >= 15 is 0 Å². The largest absolute Gasteiger partial charge is 0.353 e. The fourth-order valence-corrected chi connectivity index (χ4v) is 1.96. The molecule has 5 heteroatoms. The second-order valence-electron chi connectivity index (χ2n) is 4.90. The lowest BCUT2D eigenvalue weighted by Crippen LogP contribution is -2.30. The van der Waals surface area contributed by atoms with Crippen LogP contribution in [-0.2, 0) is 4.79 Å². The third-order valence-electron chi connectivity index (χ3n) is 3.18. The molecule has 2 rings (SSSR count). The molecular formula is C14H18F2N2O. The number of nitrogens with one attached hydrogen (secondary N) is 2. The lowest BCUT2D eigenvalue weighted by atomic mass is 10.1. The minimum absolute atomic E-state index is 0.0174. The van der Waals surface area contributed by atoms with Crippen molar-refractivity contribution in [2.75, 3.05) is 6.54 Å². The normalized spacial score (nSPS) is 16.2. The van der Waals surface area contributed by atoms with E-state index < -0.39 is 17.7 Å². The molecule has 104 valence electrons. The van der Waals surface area contributed by atoms with E-state index in [1.807, 2.05) is 0 Å². The Morgan fingerprint density at radius 3 is 2.58 bits per heavy atom. The SMILES string of the molecule is CC(NCCC(=O)NC1CC1)c1c(F)cccc1F. The summed E-state index contributed by atoms with van der Waals surface area (Å²) >= 11 is 0. The van der Waals surface area contributed by atoms with Crippen molar-refractivity contribution < 1.29 is 13.6 Å². The van der Waals surface area contributed by atoms with Crippen LogP contribution in [-0.4, -0.2) is 18.5 Å². The van der Waals surface area contributed by atoms with Gasteiger partial charge in [-0.05, 0) is 31.9 Å². The van der Waals surface area contributed by atoms with E-state index in [0.717, 1.165) is 12.8 Å². The van der Waals surface area contributed by atoms with Crippen molar-refractivity contribution in [3.63, 3.8) is 0 Å². The average molecular weight is 268 g/mol. The van der Waals surface area contributed by atoms with E-state index in [1.54, 1.807) is 6.92 Å². The zero-order chi connectivity index (χ0) is 13.8. The number of hydrogen-bond acceptors (Lipinski definition) is 2. The van der Waals surface area contributed by atoms with Gasteiger partial charge in [-0.2, -0.15) is 0 Å². The van der Waals surface area contributed by atoms with Crippen LogP contribution in [0.3, 0.4) is 0 Å². The van der Waals surface area contributed by atoms with E-state index in [2.05, 4.69) is 10.6 Å². The minimum Gasteiger partial charge on any atom is -0.353 e. The maximum atomic E-state index is 13.5. The Morgan fingerprint density at radius 2 is 2.00 bits per heavy atom. The number of carbonyl (C=O) groups excluding carboxylic acids is 1. The fraction of sp³-hybridized carbons (Fsp3) is 0.500. The second kappa shape index (κ2) is 6.10. The van der Waals surface area contributed by atoms with E-state index in [4.69, 9.17) is 0 Å². The van der Waals surface area contributed by atoms with Gasteiger partial charge in [-0.3, -0.25) is 4.79 Å². The first kappa shape index (κ1) is 13.9. The molecule has 1 aliphatic carbocycles. The van der Waals surface area contributed by atoms with Crippen molar-refractivity contribution in [2.45, 2.75) is 38.3 Å². The maximum Gasteiger partial charge on any atom is 0.221 e. The molecule has 0 bridgehead atoms. The third-order valence-corrected chi connectivity index (χ3v) is 3.18. The van der Waals surface area contributed by atoms with Crippen LogP contribution in [0.5, 0.6) is 0 Å². The van der Waals surface area contributed by atoms with Crippen LogP contribution in [0, 0.1) is 11.6 Å². The number of amides is 1. The van der Waals surface area contributed by atoms with Crippen LogP contribution >= 0.6 is 0 Å². The summed E-state index contributed by atoms with van der Waals surface area (Å²) in [4.78, 5) is 11.4. The maximum absolute atomic E-state index is 13.5. The van der Waals surface area contributed by atoms with E-state index in [9.17, 15) is 13.6 Å². The van der Waals surface area contributed by atoms with Gasteiger partial charge in [0.15, 0.2) is 0 Å². The molecule has 1 saturated carbocycles. The van der Waals surface area contributed by atoms with Gasteiger partial charge in [0.2, 0.25) is 5.91 Å². The van der Waals surface area contributed by atoms with E-state index in [0.29, 0.717) is 19.0 Å². The molecule has 1 aliphatic rings. The molecule has 0 radical (unpaired) electrons. The Labute approximate surface area is 111 Å². The Bertz CT molecular complexity index is 441. The highest BCUT2D eigenvalue weighted by Crippen LogP contribution is 2.20. The third kappa shape index (κ3) is 3.99. The van der Waals surface area contributed by atoms with Crippen molar-refractivity contribution in [3.8, 4) is 0 Å². The predicted octanol–water partition coefficient (Wildman–Crippen LogP) is 2.28. The quantitative estimate of drug-likeness (QED) is 0.831. The van der Waals surface area contributed by atoms with Gasteiger partial charge >= 0.3 is 0 Å².